The quantitative estimate of drug-likeness (QED) is 0.788. The smallest absolute Gasteiger partial charge is 0.329 e. The molecule has 1 aliphatic heterocycles. The summed E-state index contributed by atoms with van der Waals surface area (Å²) in [6, 6.07) is -0.440. The predicted molar refractivity (Wildman–Crippen MR) is 60.9 cm³/mol. The highest BCUT2D eigenvalue weighted by atomic mass is 32.2. The van der Waals surface area contributed by atoms with Crippen LogP contribution in [0.4, 0.5) is 13.2 Å². The van der Waals surface area contributed by atoms with Crippen LogP contribution < -0.4 is 10.5 Å². The fourth-order valence-electron chi connectivity index (χ4n) is 2.12. The van der Waals surface area contributed by atoms with E-state index in [-0.39, 0.29) is 19.0 Å². The Hall–Kier alpha value is -0.380. The lowest BCUT2D eigenvalue weighted by atomic mass is 9.93. The standard InChI is InChI=1S/C9H18F3N3O2S/c1-7-3-2-4-15(8(7)5-13)18(16,17)14-6-9(10,11)12/h7-8,14H,2-6,13H2,1H3. The lowest BCUT2D eigenvalue weighted by Gasteiger charge is -2.38. The highest BCUT2D eigenvalue weighted by Crippen LogP contribution is 2.25. The zero-order valence-corrected chi connectivity index (χ0v) is 10.9. The van der Waals surface area contributed by atoms with Crippen LogP contribution in [0.15, 0.2) is 0 Å². The van der Waals surface area contributed by atoms with Gasteiger partial charge in [0.25, 0.3) is 10.2 Å². The minimum Gasteiger partial charge on any atom is -0.329 e. The van der Waals surface area contributed by atoms with Crippen LogP contribution in [0, 0.1) is 5.92 Å². The first-order chi connectivity index (χ1) is 8.17. The Morgan fingerprint density at radius 3 is 2.56 bits per heavy atom. The van der Waals surface area contributed by atoms with Gasteiger partial charge < -0.3 is 5.73 Å². The third-order valence-electron chi connectivity index (χ3n) is 3.07. The molecule has 5 nitrogen and oxygen atoms in total. The van der Waals surface area contributed by atoms with Gasteiger partial charge in [0.2, 0.25) is 0 Å². The Kier molecular flexibility index (Phi) is 4.98. The molecule has 108 valence electrons. The Labute approximate surface area is 105 Å². The second-order valence-corrected chi connectivity index (χ2v) is 6.18. The van der Waals surface area contributed by atoms with Crippen molar-refractivity contribution in [2.75, 3.05) is 19.6 Å². The van der Waals surface area contributed by atoms with Gasteiger partial charge in [-0.1, -0.05) is 6.92 Å². The molecule has 2 atom stereocenters. The molecule has 1 heterocycles. The molecule has 0 bridgehead atoms. The van der Waals surface area contributed by atoms with E-state index < -0.39 is 29.0 Å². The van der Waals surface area contributed by atoms with E-state index in [0.717, 1.165) is 10.7 Å². The zero-order chi connectivity index (χ0) is 14.0. The molecule has 0 saturated carbocycles. The second kappa shape index (κ2) is 5.72. The van der Waals surface area contributed by atoms with E-state index in [4.69, 9.17) is 5.73 Å². The SMILES string of the molecule is CC1CCCN(S(=O)(=O)NCC(F)(F)F)C1CN. The van der Waals surface area contributed by atoms with Gasteiger partial charge in [0.15, 0.2) is 0 Å². The molecule has 3 N–H and O–H groups in total. The highest BCUT2D eigenvalue weighted by molar-refractivity contribution is 7.87. The van der Waals surface area contributed by atoms with E-state index in [1.165, 1.54) is 0 Å². The minimum atomic E-state index is -4.56. The first kappa shape index (κ1) is 15.7. The van der Waals surface area contributed by atoms with Crippen molar-refractivity contribution < 1.29 is 21.6 Å². The summed E-state index contributed by atoms with van der Waals surface area (Å²) in [6.45, 7) is 0.605. The number of rotatable bonds is 4. The van der Waals surface area contributed by atoms with Crippen LogP contribution >= 0.6 is 0 Å². The van der Waals surface area contributed by atoms with Gasteiger partial charge in [0.05, 0.1) is 0 Å². The Morgan fingerprint density at radius 2 is 2.06 bits per heavy atom. The van der Waals surface area contributed by atoms with Crippen LogP contribution in [-0.2, 0) is 10.2 Å². The molecule has 0 radical (unpaired) electrons. The fraction of sp³-hybridized carbons (Fsp3) is 1.00. The summed E-state index contributed by atoms with van der Waals surface area (Å²) in [6.07, 6.45) is -3.11. The summed E-state index contributed by atoms with van der Waals surface area (Å²) < 4.78 is 62.3. The number of piperidine rings is 1. The first-order valence-corrected chi connectivity index (χ1v) is 7.14. The molecule has 9 heteroatoms. The van der Waals surface area contributed by atoms with Crippen LogP contribution in [0.3, 0.4) is 0 Å². The van der Waals surface area contributed by atoms with Crippen molar-refractivity contribution in [3.05, 3.63) is 0 Å². The van der Waals surface area contributed by atoms with Crippen molar-refractivity contribution in [1.29, 1.82) is 0 Å². The maximum atomic E-state index is 12.0. The number of nitrogens with zero attached hydrogens (tertiary/aromatic N) is 1. The topological polar surface area (TPSA) is 75.4 Å². The summed E-state index contributed by atoms with van der Waals surface area (Å²) in [4.78, 5) is 0. The molecule has 1 rings (SSSR count). The van der Waals surface area contributed by atoms with E-state index in [9.17, 15) is 21.6 Å². The normalized spacial score (nSPS) is 27.4. The van der Waals surface area contributed by atoms with E-state index in [2.05, 4.69) is 0 Å². The van der Waals surface area contributed by atoms with Gasteiger partial charge in [-0.15, -0.1) is 0 Å². The van der Waals surface area contributed by atoms with Gasteiger partial charge in [0, 0.05) is 19.1 Å². The average Bonchev–Trinajstić information content (AvgIpc) is 2.25. The molecule has 2 unspecified atom stereocenters. The summed E-state index contributed by atoms with van der Waals surface area (Å²) in [5.41, 5.74) is 5.51. The maximum absolute atomic E-state index is 12.0. The summed E-state index contributed by atoms with van der Waals surface area (Å²) in [5.74, 6) is 0.0474. The summed E-state index contributed by atoms with van der Waals surface area (Å²) in [5, 5.41) is 0. The van der Waals surface area contributed by atoms with Gasteiger partial charge in [-0.25, -0.2) is 0 Å². The molecule has 1 fully saturated rings. The van der Waals surface area contributed by atoms with Crippen molar-refractivity contribution in [1.82, 2.24) is 9.03 Å². The van der Waals surface area contributed by atoms with Crippen molar-refractivity contribution >= 4 is 10.2 Å². The third-order valence-corrected chi connectivity index (χ3v) is 4.65. The highest BCUT2D eigenvalue weighted by Gasteiger charge is 2.37. The Bertz CT molecular complexity index is 372. The lowest BCUT2D eigenvalue weighted by molar-refractivity contribution is -0.121. The van der Waals surface area contributed by atoms with Gasteiger partial charge in [0.1, 0.15) is 6.54 Å². The molecule has 1 aliphatic rings. The number of alkyl halides is 3. The van der Waals surface area contributed by atoms with Gasteiger partial charge in [-0.05, 0) is 18.8 Å². The number of nitrogens with two attached hydrogens (primary N) is 1. The molecule has 0 amide bonds. The van der Waals surface area contributed by atoms with Gasteiger partial charge in [-0.2, -0.15) is 30.6 Å². The number of nitrogens with one attached hydrogen (secondary N) is 1. The second-order valence-electron chi connectivity index (χ2n) is 4.47. The van der Waals surface area contributed by atoms with Gasteiger partial charge >= 0.3 is 6.18 Å². The molecule has 18 heavy (non-hydrogen) atoms. The van der Waals surface area contributed by atoms with Crippen molar-refractivity contribution in [3.8, 4) is 0 Å². The number of hydrogen-bond acceptors (Lipinski definition) is 3. The van der Waals surface area contributed by atoms with Crippen LogP contribution in [0.1, 0.15) is 19.8 Å². The molecular formula is C9H18F3N3O2S. The van der Waals surface area contributed by atoms with E-state index in [1.54, 1.807) is 4.72 Å². The molecular weight excluding hydrogens is 271 g/mol. The molecule has 0 aromatic rings. The monoisotopic (exact) mass is 289 g/mol. The predicted octanol–water partition coefficient (Wildman–Crippen LogP) is 0.442. The maximum Gasteiger partial charge on any atom is 0.402 e. The van der Waals surface area contributed by atoms with E-state index in [1.807, 2.05) is 6.92 Å². The van der Waals surface area contributed by atoms with Gasteiger partial charge in [-0.3, -0.25) is 0 Å². The van der Waals surface area contributed by atoms with Crippen molar-refractivity contribution in [2.45, 2.75) is 32.0 Å². The number of halogens is 3. The Balaban J connectivity index is 2.76. The average molecular weight is 289 g/mol. The minimum absolute atomic E-state index is 0.0474. The molecule has 1 saturated heterocycles. The lowest BCUT2D eigenvalue weighted by Crippen LogP contribution is -2.55. The number of hydrogen-bond donors (Lipinski definition) is 2. The molecule has 0 spiro atoms. The third kappa shape index (κ3) is 4.08. The Morgan fingerprint density at radius 1 is 1.44 bits per heavy atom. The first-order valence-electron chi connectivity index (χ1n) is 5.70. The van der Waals surface area contributed by atoms with Crippen molar-refractivity contribution in [3.63, 3.8) is 0 Å². The van der Waals surface area contributed by atoms with Crippen LogP contribution in [0.5, 0.6) is 0 Å². The largest absolute Gasteiger partial charge is 0.402 e. The van der Waals surface area contributed by atoms with Crippen molar-refractivity contribution in [2.24, 2.45) is 11.7 Å². The molecule has 0 aliphatic carbocycles. The fourth-order valence-corrected chi connectivity index (χ4v) is 3.65. The zero-order valence-electron chi connectivity index (χ0n) is 10.1. The van der Waals surface area contributed by atoms with Crippen LogP contribution in [0.25, 0.3) is 0 Å². The van der Waals surface area contributed by atoms with E-state index in [0.29, 0.717) is 6.42 Å². The van der Waals surface area contributed by atoms with E-state index >= 15 is 0 Å². The van der Waals surface area contributed by atoms with Crippen LogP contribution in [-0.4, -0.2) is 44.6 Å². The summed E-state index contributed by atoms with van der Waals surface area (Å²) in [7, 11) is -4.13. The molecule has 0 aromatic heterocycles. The summed E-state index contributed by atoms with van der Waals surface area (Å²) >= 11 is 0. The van der Waals surface area contributed by atoms with Crippen LogP contribution in [0.2, 0.25) is 0 Å². The molecule has 0 aromatic carbocycles.